The molecule has 0 N–H and O–H groups in total. The average Bonchev–Trinajstić information content (AvgIpc) is 2.71. The Morgan fingerprint density at radius 2 is 1.89 bits per heavy atom. The van der Waals surface area contributed by atoms with Gasteiger partial charge in [-0.3, -0.25) is 4.90 Å². The molecule has 2 aromatic rings. The molecule has 2 unspecified atom stereocenters. The zero-order valence-electron chi connectivity index (χ0n) is 15.6. The largest absolute Gasteiger partial charge is 0.445 e. The van der Waals surface area contributed by atoms with Crippen LogP contribution >= 0.6 is 0 Å². The maximum Gasteiger partial charge on any atom is 0.411 e. The van der Waals surface area contributed by atoms with Crippen molar-refractivity contribution in [3.05, 3.63) is 77.4 Å². The SMILES string of the molecule is CCc1ccccc1C1=CC2COCC(C1)N2C(=O)OCc1ccccc1. The normalized spacial score (nSPS) is 21.5. The van der Waals surface area contributed by atoms with Gasteiger partial charge in [-0.05, 0) is 35.1 Å². The van der Waals surface area contributed by atoms with Crippen LogP contribution in [0, 0.1) is 0 Å². The van der Waals surface area contributed by atoms with E-state index in [-0.39, 0.29) is 18.2 Å². The number of carbonyl (C=O) groups is 1. The second-order valence-electron chi connectivity index (χ2n) is 7.11. The molecule has 2 heterocycles. The molecule has 2 atom stereocenters. The molecule has 4 heteroatoms. The van der Waals surface area contributed by atoms with Crippen LogP contribution in [0.3, 0.4) is 0 Å². The summed E-state index contributed by atoms with van der Waals surface area (Å²) >= 11 is 0. The number of hydrogen-bond donors (Lipinski definition) is 0. The Balaban J connectivity index is 1.52. The zero-order valence-corrected chi connectivity index (χ0v) is 15.6. The lowest BCUT2D eigenvalue weighted by Crippen LogP contribution is -2.56. The number of carbonyl (C=O) groups excluding carboxylic acids is 1. The first kappa shape index (κ1) is 17.8. The van der Waals surface area contributed by atoms with Crippen LogP contribution in [0.1, 0.15) is 30.0 Å². The molecule has 140 valence electrons. The summed E-state index contributed by atoms with van der Waals surface area (Å²) in [6.45, 7) is 3.56. The third-order valence-corrected chi connectivity index (χ3v) is 5.36. The van der Waals surface area contributed by atoms with Crippen molar-refractivity contribution in [1.29, 1.82) is 0 Å². The molecule has 0 radical (unpaired) electrons. The summed E-state index contributed by atoms with van der Waals surface area (Å²) < 4.78 is 11.3. The van der Waals surface area contributed by atoms with E-state index < -0.39 is 0 Å². The summed E-state index contributed by atoms with van der Waals surface area (Å²) in [5, 5.41) is 0. The van der Waals surface area contributed by atoms with E-state index in [9.17, 15) is 4.79 Å². The molecule has 0 saturated carbocycles. The molecule has 2 bridgehead atoms. The number of hydrogen-bond acceptors (Lipinski definition) is 3. The maximum atomic E-state index is 12.8. The molecule has 4 rings (SSSR count). The van der Waals surface area contributed by atoms with Gasteiger partial charge in [-0.2, -0.15) is 0 Å². The average molecular weight is 363 g/mol. The van der Waals surface area contributed by atoms with E-state index in [4.69, 9.17) is 9.47 Å². The lowest BCUT2D eigenvalue weighted by atomic mass is 9.87. The summed E-state index contributed by atoms with van der Waals surface area (Å²) in [5.41, 5.74) is 4.97. The van der Waals surface area contributed by atoms with Gasteiger partial charge in [-0.15, -0.1) is 0 Å². The molecule has 27 heavy (non-hydrogen) atoms. The van der Waals surface area contributed by atoms with Crippen LogP contribution in [0.4, 0.5) is 4.79 Å². The Kier molecular flexibility index (Phi) is 5.26. The van der Waals surface area contributed by atoms with Crippen molar-refractivity contribution in [2.24, 2.45) is 0 Å². The van der Waals surface area contributed by atoms with Gasteiger partial charge in [-0.25, -0.2) is 4.79 Å². The van der Waals surface area contributed by atoms with Crippen molar-refractivity contribution >= 4 is 11.7 Å². The van der Waals surface area contributed by atoms with Gasteiger partial charge in [0.1, 0.15) is 6.61 Å². The molecule has 1 saturated heterocycles. The van der Waals surface area contributed by atoms with Crippen LogP contribution in [0.2, 0.25) is 0 Å². The van der Waals surface area contributed by atoms with Crippen molar-refractivity contribution in [3.63, 3.8) is 0 Å². The van der Waals surface area contributed by atoms with Crippen LogP contribution < -0.4 is 0 Å². The highest BCUT2D eigenvalue weighted by atomic mass is 16.6. The fourth-order valence-electron chi connectivity index (χ4n) is 4.02. The number of fused-ring (bicyclic) bond motifs is 2. The minimum Gasteiger partial charge on any atom is -0.445 e. The number of morpholine rings is 1. The number of nitrogens with zero attached hydrogens (tertiary/aromatic N) is 1. The van der Waals surface area contributed by atoms with E-state index in [0.29, 0.717) is 19.8 Å². The van der Waals surface area contributed by atoms with Crippen LogP contribution in [-0.2, 0) is 22.5 Å². The van der Waals surface area contributed by atoms with Gasteiger partial charge in [0.2, 0.25) is 0 Å². The standard InChI is InChI=1S/C23H25NO3/c1-2-18-10-6-7-11-22(18)19-12-20-15-26-16-21(13-19)24(20)23(25)27-14-17-8-4-3-5-9-17/h3-12,20-21H,2,13-16H2,1H3. The molecular formula is C23H25NO3. The number of rotatable bonds is 4. The van der Waals surface area contributed by atoms with Gasteiger partial charge in [0.05, 0.1) is 25.3 Å². The summed E-state index contributed by atoms with van der Waals surface area (Å²) in [5.74, 6) is 0. The number of ether oxygens (including phenoxy) is 2. The molecule has 0 aromatic heterocycles. The van der Waals surface area contributed by atoms with E-state index in [0.717, 1.165) is 18.4 Å². The van der Waals surface area contributed by atoms with E-state index in [1.165, 1.54) is 16.7 Å². The van der Waals surface area contributed by atoms with E-state index in [2.05, 4.69) is 37.3 Å². The second kappa shape index (κ2) is 7.97. The molecule has 1 amide bonds. The van der Waals surface area contributed by atoms with Gasteiger partial charge in [-0.1, -0.05) is 67.6 Å². The molecule has 0 aliphatic carbocycles. The number of aryl methyl sites for hydroxylation is 1. The minimum absolute atomic E-state index is 0.0249. The van der Waals surface area contributed by atoms with Crippen molar-refractivity contribution in [1.82, 2.24) is 4.90 Å². The lowest BCUT2D eigenvalue weighted by Gasteiger charge is -2.44. The highest BCUT2D eigenvalue weighted by Gasteiger charge is 2.39. The monoisotopic (exact) mass is 363 g/mol. The van der Waals surface area contributed by atoms with Crippen molar-refractivity contribution < 1.29 is 14.3 Å². The lowest BCUT2D eigenvalue weighted by molar-refractivity contribution is -0.0342. The fraction of sp³-hybridized carbons (Fsp3) is 0.348. The van der Waals surface area contributed by atoms with Crippen LogP contribution in [0.25, 0.3) is 5.57 Å². The molecule has 2 aromatic carbocycles. The van der Waals surface area contributed by atoms with Crippen molar-refractivity contribution in [2.45, 2.75) is 38.5 Å². The zero-order chi connectivity index (χ0) is 18.6. The van der Waals surface area contributed by atoms with Crippen molar-refractivity contribution in [2.75, 3.05) is 13.2 Å². The van der Waals surface area contributed by atoms with Crippen LogP contribution in [0.5, 0.6) is 0 Å². The first-order chi connectivity index (χ1) is 13.3. The maximum absolute atomic E-state index is 12.8. The number of benzene rings is 2. The quantitative estimate of drug-likeness (QED) is 0.806. The second-order valence-corrected chi connectivity index (χ2v) is 7.11. The molecule has 4 nitrogen and oxygen atoms in total. The van der Waals surface area contributed by atoms with Gasteiger partial charge in [0, 0.05) is 0 Å². The van der Waals surface area contributed by atoms with Gasteiger partial charge in [0.15, 0.2) is 0 Å². The van der Waals surface area contributed by atoms with E-state index in [1.807, 2.05) is 35.2 Å². The Morgan fingerprint density at radius 1 is 1.11 bits per heavy atom. The Hall–Kier alpha value is -2.59. The highest BCUT2D eigenvalue weighted by molar-refractivity contribution is 5.75. The summed E-state index contributed by atoms with van der Waals surface area (Å²) in [6, 6.07) is 18.3. The predicted octanol–water partition coefficient (Wildman–Crippen LogP) is 4.44. The molecule has 0 spiro atoms. The molecule has 2 aliphatic heterocycles. The van der Waals surface area contributed by atoms with Crippen LogP contribution in [-0.4, -0.2) is 36.3 Å². The number of amides is 1. The summed E-state index contributed by atoms with van der Waals surface area (Å²) in [4.78, 5) is 14.6. The Morgan fingerprint density at radius 3 is 2.67 bits per heavy atom. The van der Waals surface area contributed by atoms with E-state index in [1.54, 1.807) is 0 Å². The topological polar surface area (TPSA) is 38.8 Å². The third kappa shape index (κ3) is 3.76. The first-order valence-corrected chi connectivity index (χ1v) is 9.62. The molecule has 1 fully saturated rings. The summed E-state index contributed by atoms with van der Waals surface area (Å²) in [7, 11) is 0. The Labute approximate surface area is 160 Å². The molecular weight excluding hydrogens is 338 g/mol. The smallest absolute Gasteiger partial charge is 0.411 e. The highest BCUT2D eigenvalue weighted by Crippen LogP contribution is 2.34. The summed E-state index contributed by atoms with van der Waals surface area (Å²) in [6.07, 6.45) is 3.74. The minimum atomic E-state index is -0.253. The van der Waals surface area contributed by atoms with Gasteiger partial charge in [0.25, 0.3) is 0 Å². The van der Waals surface area contributed by atoms with Crippen molar-refractivity contribution in [3.8, 4) is 0 Å². The van der Waals surface area contributed by atoms with Gasteiger partial charge < -0.3 is 9.47 Å². The van der Waals surface area contributed by atoms with Gasteiger partial charge >= 0.3 is 6.09 Å². The predicted molar refractivity (Wildman–Crippen MR) is 105 cm³/mol. The third-order valence-electron chi connectivity index (χ3n) is 5.36. The molecule has 2 aliphatic rings. The first-order valence-electron chi connectivity index (χ1n) is 9.62. The Bertz CT molecular complexity index is 831. The van der Waals surface area contributed by atoms with E-state index >= 15 is 0 Å². The fourth-order valence-corrected chi connectivity index (χ4v) is 4.02. The van der Waals surface area contributed by atoms with Crippen LogP contribution in [0.15, 0.2) is 60.7 Å².